The first kappa shape index (κ1) is 17.9. The second-order valence-corrected chi connectivity index (χ2v) is 7.10. The van der Waals surface area contributed by atoms with E-state index in [1.165, 1.54) is 36.3 Å². The Labute approximate surface area is 150 Å². The lowest BCUT2D eigenvalue weighted by Gasteiger charge is -2.09. The first-order chi connectivity index (χ1) is 12.5. The van der Waals surface area contributed by atoms with Gasteiger partial charge in [0.1, 0.15) is 11.4 Å². The second-order valence-electron chi connectivity index (χ2n) is 5.33. The number of benzene rings is 1. The highest BCUT2D eigenvalue weighted by Gasteiger charge is 2.14. The largest absolute Gasteiger partial charge is 0.497 e. The van der Waals surface area contributed by atoms with Crippen molar-refractivity contribution in [2.75, 3.05) is 13.7 Å². The first-order valence-corrected chi connectivity index (χ1v) is 9.24. The Morgan fingerprint density at radius 2 is 1.92 bits per heavy atom. The quantitative estimate of drug-likeness (QED) is 0.671. The normalized spacial score (nSPS) is 11.4. The predicted molar refractivity (Wildman–Crippen MR) is 94.4 cm³/mol. The number of methoxy groups -OCH3 is 1. The zero-order chi connectivity index (χ0) is 18.6. The summed E-state index contributed by atoms with van der Waals surface area (Å²) in [5, 5.41) is 4.19. The monoisotopic (exact) mass is 375 g/mol. The number of aromatic nitrogens is 2. The molecular formula is C17H17N3O5S. The molecule has 0 saturated carbocycles. The standard InChI is InChI=1S/C17H17N3O5S/c1-24-13-4-6-14(7-5-13)26(22,23)18-10-11-20-17(21)9-8-15(19-20)16-3-2-12-25-16/h2-9,12,18H,10-11H2,1H3. The lowest BCUT2D eigenvalue weighted by atomic mass is 10.3. The summed E-state index contributed by atoms with van der Waals surface area (Å²) in [6, 6.07) is 12.4. The SMILES string of the molecule is COc1ccc(S(=O)(=O)NCCn2nc(-c3ccco3)ccc2=O)cc1. The summed E-state index contributed by atoms with van der Waals surface area (Å²) in [7, 11) is -2.19. The van der Waals surface area contributed by atoms with Gasteiger partial charge >= 0.3 is 0 Å². The highest BCUT2D eigenvalue weighted by atomic mass is 32.2. The molecule has 0 bridgehead atoms. The summed E-state index contributed by atoms with van der Waals surface area (Å²) in [6.07, 6.45) is 1.51. The first-order valence-electron chi connectivity index (χ1n) is 7.75. The van der Waals surface area contributed by atoms with Gasteiger partial charge in [-0.1, -0.05) is 0 Å². The fraction of sp³-hybridized carbons (Fsp3) is 0.176. The number of nitrogens with one attached hydrogen (secondary N) is 1. The summed E-state index contributed by atoms with van der Waals surface area (Å²) in [5.41, 5.74) is 0.163. The lowest BCUT2D eigenvalue weighted by molar-refractivity contribution is 0.414. The summed E-state index contributed by atoms with van der Waals surface area (Å²) in [6.45, 7) is 0.103. The van der Waals surface area contributed by atoms with E-state index in [1.807, 2.05) is 0 Å². The van der Waals surface area contributed by atoms with Crippen LogP contribution in [0.5, 0.6) is 5.75 Å². The molecule has 0 aliphatic carbocycles. The molecule has 0 aliphatic heterocycles. The van der Waals surface area contributed by atoms with Crippen molar-refractivity contribution in [2.45, 2.75) is 11.4 Å². The number of rotatable bonds is 7. The van der Waals surface area contributed by atoms with Crippen LogP contribution in [0.3, 0.4) is 0 Å². The van der Waals surface area contributed by atoms with E-state index >= 15 is 0 Å². The fourth-order valence-electron chi connectivity index (χ4n) is 2.29. The topological polar surface area (TPSA) is 103 Å². The third kappa shape index (κ3) is 4.01. The molecule has 9 heteroatoms. The van der Waals surface area contributed by atoms with E-state index in [4.69, 9.17) is 9.15 Å². The third-order valence-electron chi connectivity index (χ3n) is 3.63. The molecule has 0 aliphatic rings. The van der Waals surface area contributed by atoms with Gasteiger partial charge in [-0.3, -0.25) is 4.79 Å². The number of furan rings is 1. The van der Waals surface area contributed by atoms with Crippen LogP contribution >= 0.6 is 0 Å². The molecule has 0 unspecified atom stereocenters. The minimum Gasteiger partial charge on any atom is -0.497 e. The number of hydrogen-bond acceptors (Lipinski definition) is 6. The van der Waals surface area contributed by atoms with Crippen LogP contribution in [-0.4, -0.2) is 31.9 Å². The fourth-order valence-corrected chi connectivity index (χ4v) is 3.31. The minimum atomic E-state index is -3.69. The summed E-state index contributed by atoms with van der Waals surface area (Å²) in [4.78, 5) is 12.0. The Balaban J connectivity index is 1.69. The van der Waals surface area contributed by atoms with E-state index < -0.39 is 10.0 Å². The van der Waals surface area contributed by atoms with Crippen molar-refractivity contribution in [1.29, 1.82) is 0 Å². The van der Waals surface area contributed by atoms with Crippen molar-refractivity contribution in [1.82, 2.24) is 14.5 Å². The zero-order valence-corrected chi connectivity index (χ0v) is 14.8. The van der Waals surface area contributed by atoms with Crippen LogP contribution in [0.15, 0.2) is 68.9 Å². The highest BCUT2D eigenvalue weighted by Crippen LogP contribution is 2.16. The molecule has 1 N–H and O–H groups in total. The van der Waals surface area contributed by atoms with Gasteiger partial charge in [0, 0.05) is 12.6 Å². The van der Waals surface area contributed by atoms with Gasteiger partial charge < -0.3 is 9.15 Å². The van der Waals surface area contributed by atoms with Crippen molar-refractivity contribution in [3.05, 3.63) is 65.1 Å². The molecular weight excluding hydrogens is 358 g/mol. The van der Waals surface area contributed by atoms with Gasteiger partial charge in [-0.05, 0) is 42.5 Å². The molecule has 0 spiro atoms. The Morgan fingerprint density at radius 1 is 1.15 bits per heavy atom. The van der Waals surface area contributed by atoms with Crippen molar-refractivity contribution in [2.24, 2.45) is 0 Å². The average molecular weight is 375 g/mol. The van der Waals surface area contributed by atoms with Gasteiger partial charge in [0.2, 0.25) is 10.0 Å². The van der Waals surface area contributed by atoms with Crippen molar-refractivity contribution < 1.29 is 17.6 Å². The van der Waals surface area contributed by atoms with Crippen LogP contribution in [0.4, 0.5) is 0 Å². The molecule has 136 valence electrons. The number of sulfonamides is 1. The van der Waals surface area contributed by atoms with E-state index in [-0.39, 0.29) is 23.5 Å². The maximum Gasteiger partial charge on any atom is 0.266 e. The lowest BCUT2D eigenvalue weighted by Crippen LogP contribution is -2.32. The Hall–Kier alpha value is -2.91. The van der Waals surface area contributed by atoms with Gasteiger partial charge in [-0.2, -0.15) is 5.10 Å². The van der Waals surface area contributed by atoms with E-state index in [2.05, 4.69) is 9.82 Å². The van der Waals surface area contributed by atoms with Crippen LogP contribution in [0, 0.1) is 0 Å². The Morgan fingerprint density at radius 3 is 2.58 bits per heavy atom. The molecule has 0 atom stereocenters. The van der Waals surface area contributed by atoms with Crippen LogP contribution < -0.4 is 15.0 Å². The molecule has 0 amide bonds. The summed E-state index contributed by atoms with van der Waals surface area (Å²) >= 11 is 0. The predicted octanol–water partition coefficient (Wildman–Crippen LogP) is 1.49. The van der Waals surface area contributed by atoms with Crippen LogP contribution in [-0.2, 0) is 16.6 Å². The van der Waals surface area contributed by atoms with Gasteiger partial charge in [0.15, 0.2) is 5.76 Å². The van der Waals surface area contributed by atoms with Gasteiger partial charge in [0.25, 0.3) is 5.56 Å². The molecule has 1 aromatic carbocycles. The maximum absolute atomic E-state index is 12.3. The Kier molecular flexibility index (Phi) is 5.19. The molecule has 2 aromatic heterocycles. The van der Waals surface area contributed by atoms with E-state index in [9.17, 15) is 13.2 Å². The van der Waals surface area contributed by atoms with Crippen molar-refractivity contribution in [3.63, 3.8) is 0 Å². The number of nitrogens with zero attached hydrogens (tertiary/aromatic N) is 2. The average Bonchev–Trinajstić information content (AvgIpc) is 3.18. The van der Waals surface area contributed by atoms with Crippen LogP contribution in [0.2, 0.25) is 0 Å². The van der Waals surface area contributed by atoms with Crippen molar-refractivity contribution in [3.8, 4) is 17.2 Å². The second kappa shape index (κ2) is 7.54. The van der Waals surface area contributed by atoms with Crippen molar-refractivity contribution >= 4 is 10.0 Å². The van der Waals surface area contributed by atoms with Crippen LogP contribution in [0.1, 0.15) is 0 Å². The molecule has 26 heavy (non-hydrogen) atoms. The minimum absolute atomic E-state index is 0.0167. The Bertz CT molecular complexity index is 1030. The molecule has 3 aromatic rings. The third-order valence-corrected chi connectivity index (χ3v) is 5.10. The highest BCUT2D eigenvalue weighted by molar-refractivity contribution is 7.89. The molecule has 2 heterocycles. The number of ether oxygens (including phenoxy) is 1. The van der Waals surface area contributed by atoms with Gasteiger partial charge in [-0.15, -0.1) is 0 Å². The summed E-state index contributed by atoms with van der Waals surface area (Å²) in [5.74, 6) is 1.09. The zero-order valence-electron chi connectivity index (χ0n) is 14.0. The molecule has 8 nitrogen and oxygen atoms in total. The van der Waals surface area contributed by atoms with Crippen LogP contribution in [0.25, 0.3) is 11.5 Å². The molecule has 0 fully saturated rings. The van der Waals surface area contributed by atoms with E-state index in [1.54, 1.807) is 30.3 Å². The smallest absolute Gasteiger partial charge is 0.266 e. The van der Waals surface area contributed by atoms with Gasteiger partial charge in [0.05, 0.1) is 24.8 Å². The summed E-state index contributed by atoms with van der Waals surface area (Å²) < 4.78 is 38.5. The van der Waals surface area contributed by atoms with Gasteiger partial charge in [-0.25, -0.2) is 17.8 Å². The molecule has 3 rings (SSSR count). The van der Waals surface area contributed by atoms with E-state index in [0.717, 1.165) is 0 Å². The molecule has 0 saturated heterocycles. The maximum atomic E-state index is 12.3. The number of hydrogen-bond donors (Lipinski definition) is 1. The molecule has 0 radical (unpaired) electrons. The van der Waals surface area contributed by atoms with E-state index in [0.29, 0.717) is 17.2 Å².